The van der Waals surface area contributed by atoms with Crippen LogP contribution in [0.5, 0.6) is 0 Å². The van der Waals surface area contributed by atoms with E-state index < -0.39 is 8.32 Å². The largest absolute Gasteiger partial charge is 0.297 e. The Morgan fingerprint density at radius 3 is 1.57 bits per heavy atom. The molecule has 1 radical (unpaired) electrons. The van der Waals surface area contributed by atoms with Crippen LogP contribution in [0.25, 0.3) is 0 Å². The third kappa shape index (κ3) is 1.79. The van der Waals surface area contributed by atoms with Crippen LogP contribution in [0.3, 0.4) is 0 Å². The van der Waals surface area contributed by atoms with E-state index in [0.29, 0.717) is 11.1 Å². The number of hydrogen-bond acceptors (Lipinski definition) is 0. The topological polar surface area (TPSA) is 19.9 Å². The zero-order valence-corrected chi connectivity index (χ0v) is 10.4. The Bertz CT molecular complexity index is 165. The molecule has 0 aliphatic heterocycles. The van der Waals surface area contributed by atoms with E-state index in [1.807, 2.05) is 0 Å². The molecule has 0 N–H and O–H groups in total. The van der Waals surface area contributed by atoms with Crippen LogP contribution in [0, 0.1) is 0 Å². The Morgan fingerprint density at radius 1 is 0.929 bits per heavy atom. The van der Waals surface area contributed by atoms with Crippen molar-refractivity contribution in [2.24, 2.45) is 0 Å². The van der Waals surface area contributed by atoms with E-state index >= 15 is 0 Å². The molecule has 2 heteroatoms. The van der Waals surface area contributed by atoms with Gasteiger partial charge in [-0.3, -0.25) is 4.80 Å². The van der Waals surface area contributed by atoms with Crippen molar-refractivity contribution >= 4 is 8.32 Å². The van der Waals surface area contributed by atoms with Crippen molar-refractivity contribution in [2.75, 3.05) is 0 Å². The zero-order valence-electron chi connectivity index (χ0n) is 9.43. The Labute approximate surface area is 89.0 Å². The third-order valence-corrected chi connectivity index (χ3v) is 9.67. The van der Waals surface area contributed by atoms with Gasteiger partial charge in [0, 0.05) is 0 Å². The molecule has 14 heavy (non-hydrogen) atoms. The first-order valence-electron chi connectivity index (χ1n) is 6.48. The molecule has 2 fully saturated rings. The molecule has 0 aromatic rings. The van der Waals surface area contributed by atoms with Gasteiger partial charge in [0.25, 0.3) is 0 Å². The minimum absolute atomic E-state index is 0.649. The molecule has 0 spiro atoms. The van der Waals surface area contributed by atoms with Crippen LogP contribution in [-0.2, 0) is 4.80 Å². The molecule has 0 bridgehead atoms. The summed E-state index contributed by atoms with van der Waals surface area (Å²) in [5, 5.41) is 0. The molecule has 0 heterocycles. The first kappa shape index (κ1) is 10.7. The fraction of sp³-hybridized carbons (Fsp3) is 1.00. The maximum Gasteiger partial charge on any atom is 0.243 e. The molecule has 0 aromatic carbocycles. The highest BCUT2D eigenvalue weighted by Gasteiger charge is 2.48. The number of hydrogen-bond donors (Lipinski definition) is 0. The van der Waals surface area contributed by atoms with Gasteiger partial charge in [-0.15, -0.1) is 0 Å². The average molecular weight is 211 g/mol. The summed E-state index contributed by atoms with van der Waals surface area (Å²) in [5.74, 6) is 0. The lowest BCUT2D eigenvalue weighted by Crippen LogP contribution is -2.41. The lowest BCUT2D eigenvalue weighted by molar-refractivity contribution is 0.374. The summed E-state index contributed by atoms with van der Waals surface area (Å²) in [6.07, 6.45) is 10.5. The van der Waals surface area contributed by atoms with E-state index in [4.69, 9.17) is 0 Å². The SMILES string of the molecule is CC[Si]([O])(C1CCCC1)C1CCCC1. The van der Waals surface area contributed by atoms with Gasteiger partial charge in [-0.05, 0) is 17.1 Å². The minimum Gasteiger partial charge on any atom is -0.297 e. The third-order valence-electron chi connectivity index (χ3n) is 4.65. The molecule has 0 saturated heterocycles. The Kier molecular flexibility index (Phi) is 3.33. The molecular formula is C12H23OSi. The van der Waals surface area contributed by atoms with Gasteiger partial charge >= 0.3 is 0 Å². The fourth-order valence-corrected chi connectivity index (χ4v) is 8.33. The predicted molar refractivity (Wildman–Crippen MR) is 61.4 cm³/mol. The van der Waals surface area contributed by atoms with Gasteiger partial charge in [-0.25, -0.2) is 0 Å². The minimum atomic E-state index is -2.11. The zero-order chi connectivity index (χ0) is 10.0. The summed E-state index contributed by atoms with van der Waals surface area (Å²) in [4.78, 5) is 13.0. The van der Waals surface area contributed by atoms with Crippen LogP contribution < -0.4 is 0 Å². The van der Waals surface area contributed by atoms with Crippen LogP contribution in [0.2, 0.25) is 17.1 Å². The maximum absolute atomic E-state index is 13.0. The highest BCUT2D eigenvalue weighted by Crippen LogP contribution is 2.50. The van der Waals surface area contributed by atoms with Crippen LogP contribution >= 0.6 is 0 Å². The highest BCUT2D eigenvalue weighted by molar-refractivity contribution is 6.75. The van der Waals surface area contributed by atoms with Crippen LogP contribution in [-0.4, -0.2) is 8.32 Å². The highest BCUT2D eigenvalue weighted by atomic mass is 28.4. The second kappa shape index (κ2) is 4.36. The van der Waals surface area contributed by atoms with Crippen LogP contribution in [0.15, 0.2) is 0 Å². The molecule has 2 aliphatic carbocycles. The van der Waals surface area contributed by atoms with Crippen molar-refractivity contribution in [2.45, 2.75) is 75.4 Å². The fourth-order valence-electron chi connectivity index (χ4n) is 3.74. The van der Waals surface area contributed by atoms with E-state index in [1.165, 1.54) is 51.4 Å². The van der Waals surface area contributed by atoms with E-state index in [2.05, 4.69) is 6.92 Å². The molecule has 0 aromatic heterocycles. The molecule has 1 nitrogen and oxygen atoms in total. The Hall–Kier alpha value is 0.177. The van der Waals surface area contributed by atoms with E-state index in [0.717, 1.165) is 6.04 Å². The van der Waals surface area contributed by atoms with Crippen molar-refractivity contribution in [1.82, 2.24) is 0 Å². The molecule has 0 amide bonds. The molecule has 81 valence electrons. The van der Waals surface area contributed by atoms with E-state index in [-0.39, 0.29) is 0 Å². The molecular weight excluding hydrogens is 188 g/mol. The molecule has 2 rings (SSSR count). The quantitative estimate of drug-likeness (QED) is 0.621. The van der Waals surface area contributed by atoms with Crippen molar-refractivity contribution in [1.29, 1.82) is 0 Å². The first-order chi connectivity index (χ1) is 6.77. The van der Waals surface area contributed by atoms with Gasteiger partial charge in [-0.1, -0.05) is 58.3 Å². The summed E-state index contributed by atoms with van der Waals surface area (Å²) in [5.41, 5.74) is 1.30. The lowest BCUT2D eigenvalue weighted by Gasteiger charge is -2.33. The molecule has 0 unspecified atom stereocenters. The standard InChI is InChI=1S/C12H23OSi/c1-2-14(13,11-7-3-4-8-11)12-9-5-6-10-12/h11-12H,2-10H2,1H3. The van der Waals surface area contributed by atoms with Gasteiger partial charge in [-0.2, -0.15) is 0 Å². The molecule has 0 atom stereocenters. The monoisotopic (exact) mass is 211 g/mol. The predicted octanol–water partition coefficient (Wildman–Crippen LogP) is 4.27. The van der Waals surface area contributed by atoms with Crippen LogP contribution in [0.4, 0.5) is 0 Å². The Balaban J connectivity index is 2.06. The summed E-state index contributed by atoms with van der Waals surface area (Å²) < 4.78 is 0. The summed E-state index contributed by atoms with van der Waals surface area (Å²) >= 11 is 0. The molecule has 2 aliphatic rings. The normalized spacial score (nSPS) is 26.1. The summed E-state index contributed by atoms with van der Waals surface area (Å²) in [7, 11) is -2.11. The van der Waals surface area contributed by atoms with Gasteiger partial charge in [0.05, 0.1) is 0 Å². The van der Waals surface area contributed by atoms with Crippen molar-refractivity contribution in [3.8, 4) is 0 Å². The summed E-state index contributed by atoms with van der Waals surface area (Å²) in [6.45, 7) is 2.18. The smallest absolute Gasteiger partial charge is 0.243 e. The van der Waals surface area contributed by atoms with Crippen molar-refractivity contribution in [3.05, 3.63) is 0 Å². The Morgan fingerprint density at radius 2 is 1.29 bits per heavy atom. The van der Waals surface area contributed by atoms with Crippen molar-refractivity contribution < 1.29 is 4.80 Å². The van der Waals surface area contributed by atoms with Gasteiger partial charge in [0.2, 0.25) is 8.32 Å². The second-order valence-corrected chi connectivity index (χ2v) is 9.52. The second-order valence-electron chi connectivity index (χ2n) is 5.27. The number of rotatable bonds is 3. The first-order valence-corrected chi connectivity index (χ1v) is 8.75. The summed E-state index contributed by atoms with van der Waals surface area (Å²) in [6, 6.07) is 1.00. The van der Waals surface area contributed by atoms with Gasteiger partial charge in [0.1, 0.15) is 0 Å². The van der Waals surface area contributed by atoms with E-state index in [9.17, 15) is 4.80 Å². The van der Waals surface area contributed by atoms with E-state index in [1.54, 1.807) is 0 Å². The van der Waals surface area contributed by atoms with Crippen LogP contribution in [0.1, 0.15) is 58.3 Å². The maximum atomic E-state index is 13.0. The molecule has 2 saturated carbocycles. The van der Waals surface area contributed by atoms with Gasteiger partial charge in [0.15, 0.2) is 0 Å². The average Bonchev–Trinajstić information content (AvgIpc) is 2.88. The van der Waals surface area contributed by atoms with Gasteiger partial charge < -0.3 is 0 Å². The lowest BCUT2D eigenvalue weighted by atomic mass is 10.3. The van der Waals surface area contributed by atoms with Crippen molar-refractivity contribution in [3.63, 3.8) is 0 Å².